The topological polar surface area (TPSA) is 48.0 Å². The van der Waals surface area contributed by atoms with Crippen molar-refractivity contribution < 1.29 is 4.90 Å². The van der Waals surface area contributed by atoms with Gasteiger partial charge in [0, 0.05) is 5.56 Å². The van der Waals surface area contributed by atoms with Crippen LogP contribution in [0.1, 0.15) is 24.8 Å². The number of quaternary nitrogens is 1. The van der Waals surface area contributed by atoms with Crippen LogP contribution in [0.25, 0.3) is 11.4 Å². The highest BCUT2D eigenvalue weighted by atomic mass is 15.6. The van der Waals surface area contributed by atoms with Crippen LogP contribution >= 0.6 is 0 Å². The Hall–Kier alpha value is -1.75. The number of piperidine rings is 1. The Labute approximate surface area is 119 Å². The van der Waals surface area contributed by atoms with Crippen molar-refractivity contribution in [3.8, 4) is 11.4 Å². The summed E-state index contributed by atoms with van der Waals surface area (Å²) < 4.78 is 0. The first-order chi connectivity index (χ1) is 9.81. The second-order valence-corrected chi connectivity index (χ2v) is 5.64. The van der Waals surface area contributed by atoms with E-state index in [0.717, 1.165) is 24.5 Å². The van der Waals surface area contributed by atoms with Crippen LogP contribution in [0.4, 0.5) is 0 Å². The molecule has 0 radical (unpaired) electrons. The van der Waals surface area contributed by atoms with E-state index in [9.17, 15) is 0 Å². The fourth-order valence-corrected chi connectivity index (χ4v) is 2.72. The molecule has 0 unspecified atom stereocenters. The van der Waals surface area contributed by atoms with Gasteiger partial charge in [0.1, 0.15) is 6.54 Å². The van der Waals surface area contributed by atoms with Gasteiger partial charge in [-0.1, -0.05) is 29.8 Å². The summed E-state index contributed by atoms with van der Waals surface area (Å²) in [5.41, 5.74) is 2.28. The third kappa shape index (κ3) is 3.22. The smallest absolute Gasteiger partial charge is 0.204 e. The zero-order chi connectivity index (χ0) is 13.8. The van der Waals surface area contributed by atoms with Crippen molar-refractivity contribution >= 4 is 0 Å². The van der Waals surface area contributed by atoms with Gasteiger partial charge in [-0.15, -0.1) is 10.2 Å². The fourth-order valence-electron chi connectivity index (χ4n) is 2.72. The molecule has 2 heterocycles. The molecular formula is C15H22N5+. The summed E-state index contributed by atoms with van der Waals surface area (Å²) in [6.45, 7) is 6.62. The van der Waals surface area contributed by atoms with Crippen molar-refractivity contribution in [2.24, 2.45) is 0 Å². The maximum Gasteiger partial charge on any atom is 0.204 e. The minimum atomic E-state index is 0.721. The summed E-state index contributed by atoms with van der Waals surface area (Å²) in [4.78, 5) is 3.40. The van der Waals surface area contributed by atoms with Crippen LogP contribution in [0.2, 0.25) is 0 Å². The van der Waals surface area contributed by atoms with Gasteiger partial charge in [0.25, 0.3) is 0 Å². The molecule has 2 aromatic rings. The van der Waals surface area contributed by atoms with Crippen LogP contribution in [0.15, 0.2) is 24.3 Å². The lowest BCUT2D eigenvalue weighted by Gasteiger charge is -2.22. The summed E-state index contributed by atoms with van der Waals surface area (Å²) in [5, 5.41) is 12.8. The summed E-state index contributed by atoms with van der Waals surface area (Å²) >= 11 is 0. The highest BCUT2D eigenvalue weighted by Crippen LogP contribution is 2.13. The number of rotatable bonds is 4. The van der Waals surface area contributed by atoms with Crippen molar-refractivity contribution in [1.29, 1.82) is 0 Å². The minimum absolute atomic E-state index is 0.721. The van der Waals surface area contributed by atoms with Gasteiger partial charge in [0.2, 0.25) is 5.82 Å². The molecule has 1 aromatic heterocycles. The lowest BCUT2D eigenvalue weighted by atomic mass is 10.1. The molecule has 1 fully saturated rings. The standard InChI is InChI=1S/C15H21N5/c1-13-5-7-14(8-6-13)15-16-18-20(17-15)12-11-19-9-3-2-4-10-19/h5-8H,2-4,9-12H2,1H3/p+1. The van der Waals surface area contributed by atoms with Gasteiger partial charge < -0.3 is 4.90 Å². The van der Waals surface area contributed by atoms with Gasteiger partial charge >= 0.3 is 0 Å². The first-order valence-corrected chi connectivity index (χ1v) is 7.50. The maximum atomic E-state index is 4.48. The van der Waals surface area contributed by atoms with E-state index >= 15 is 0 Å². The third-order valence-corrected chi connectivity index (χ3v) is 3.99. The van der Waals surface area contributed by atoms with Gasteiger partial charge in [-0.05, 0) is 31.4 Å². The first-order valence-electron chi connectivity index (χ1n) is 7.50. The number of likely N-dealkylation sites (tertiary alicyclic amines) is 1. The lowest BCUT2D eigenvalue weighted by Crippen LogP contribution is -3.13. The quantitative estimate of drug-likeness (QED) is 0.892. The van der Waals surface area contributed by atoms with E-state index in [0.29, 0.717) is 0 Å². The zero-order valence-electron chi connectivity index (χ0n) is 12.0. The van der Waals surface area contributed by atoms with Crippen LogP contribution < -0.4 is 4.90 Å². The average Bonchev–Trinajstić information content (AvgIpc) is 2.96. The zero-order valence-corrected chi connectivity index (χ0v) is 12.0. The minimum Gasteiger partial charge on any atom is -0.333 e. The predicted molar refractivity (Wildman–Crippen MR) is 77.4 cm³/mol. The Morgan fingerprint density at radius 1 is 1.10 bits per heavy atom. The van der Waals surface area contributed by atoms with E-state index in [1.807, 2.05) is 12.1 Å². The van der Waals surface area contributed by atoms with E-state index in [1.165, 1.54) is 37.9 Å². The van der Waals surface area contributed by atoms with Crippen LogP contribution in [-0.2, 0) is 6.54 Å². The van der Waals surface area contributed by atoms with E-state index < -0.39 is 0 Å². The molecule has 0 bridgehead atoms. The SMILES string of the molecule is Cc1ccc(-c2nnn(CC[NH+]3CCCCC3)n2)cc1. The molecule has 1 saturated heterocycles. The van der Waals surface area contributed by atoms with Gasteiger partial charge in [-0.2, -0.15) is 4.80 Å². The molecule has 0 aliphatic carbocycles. The van der Waals surface area contributed by atoms with Crippen molar-refractivity contribution in [3.05, 3.63) is 29.8 Å². The molecule has 20 heavy (non-hydrogen) atoms. The molecule has 0 saturated carbocycles. The molecule has 1 N–H and O–H groups in total. The van der Waals surface area contributed by atoms with Gasteiger partial charge in [-0.25, -0.2) is 0 Å². The Kier molecular flexibility index (Phi) is 4.06. The normalized spacial score (nSPS) is 16.4. The Balaban J connectivity index is 1.60. The highest BCUT2D eigenvalue weighted by molar-refractivity contribution is 5.53. The van der Waals surface area contributed by atoms with E-state index in [4.69, 9.17) is 0 Å². The summed E-state index contributed by atoms with van der Waals surface area (Å²) in [7, 11) is 0. The number of hydrogen-bond donors (Lipinski definition) is 1. The van der Waals surface area contributed by atoms with E-state index in [2.05, 4.69) is 34.5 Å². The second-order valence-electron chi connectivity index (χ2n) is 5.64. The fraction of sp³-hybridized carbons (Fsp3) is 0.533. The summed E-state index contributed by atoms with van der Waals surface area (Å²) in [5.74, 6) is 0.721. The van der Waals surface area contributed by atoms with Crippen molar-refractivity contribution in [2.75, 3.05) is 19.6 Å². The predicted octanol–water partition coefficient (Wildman–Crippen LogP) is 0.717. The Morgan fingerprint density at radius 2 is 1.85 bits per heavy atom. The van der Waals surface area contributed by atoms with E-state index in [1.54, 1.807) is 9.70 Å². The lowest BCUT2D eigenvalue weighted by molar-refractivity contribution is -0.905. The Morgan fingerprint density at radius 3 is 2.60 bits per heavy atom. The number of tetrazole rings is 1. The van der Waals surface area contributed by atoms with Crippen molar-refractivity contribution in [1.82, 2.24) is 20.2 Å². The molecule has 0 atom stereocenters. The van der Waals surface area contributed by atoms with Crippen LogP contribution in [-0.4, -0.2) is 39.8 Å². The monoisotopic (exact) mass is 272 g/mol. The Bertz CT molecular complexity index is 540. The molecule has 5 heteroatoms. The molecule has 3 rings (SSSR count). The summed E-state index contributed by atoms with van der Waals surface area (Å²) in [6.07, 6.45) is 4.10. The van der Waals surface area contributed by atoms with Gasteiger partial charge in [0.05, 0.1) is 19.6 Å². The van der Waals surface area contributed by atoms with Crippen LogP contribution in [0.3, 0.4) is 0 Å². The summed E-state index contributed by atoms with van der Waals surface area (Å²) in [6, 6.07) is 8.25. The van der Waals surface area contributed by atoms with Crippen LogP contribution in [0, 0.1) is 6.92 Å². The molecule has 5 nitrogen and oxygen atoms in total. The molecule has 1 aliphatic rings. The van der Waals surface area contributed by atoms with Gasteiger partial charge in [-0.3, -0.25) is 0 Å². The second kappa shape index (κ2) is 6.13. The number of benzene rings is 1. The maximum absolute atomic E-state index is 4.48. The average molecular weight is 272 g/mol. The van der Waals surface area contributed by atoms with Gasteiger partial charge in [0.15, 0.2) is 0 Å². The first kappa shape index (κ1) is 13.2. The van der Waals surface area contributed by atoms with Crippen molar-refractivity contribution in [2.45, 2.75) is 32.7 Å². The number of nitrogens with one attached hydrogen (secondary N) is 1. The number of aryl methyl sites for hydroxylation is 1. The molecule has 0 amide bonds. The highest BCUT2D eigenvalue weighted by Gasteiger charge is 2.14. The molecule has 106 valence electrons. The third-order valence-electron chi connectivity index (χ3n) is 3.99. The number of hydrogen-bond acceptors (Lipinski definition) is 3. The molecular weight excluding hydrogens is 250 g/mol. The number of aromatic nitrogens is 4. The molecule has 1 aliphatic heterocycles. The molecule has 1 aromatic carbocycles. The number of nitrogens with zero attached hydrogens (tertiary/aromatic N) is 4. The largest absolute Gasteiger partial charge is 0.333 e. The molecule has 0 spiro atoms. The van der Waals surface area contributed by atoms with E-state index in [-0.39, 0.29) is 0 Å². The van der Waals surface area contributed by atoms with Crippen molar-refractivity contribution in [3.63, 3.8) is 0 Å². The van der Waals surface area contributed by atoms with Crippen LogP contribution in [0.5, 0.6) is 0 Å².